The Morgan fingerprint density at radius 1 is 1.33 bits per heavy atom. The summed E-state index contributed by atoms with van der Waals surface area (Å²) < 4.78 is 13.5. The molecule has 3 atom stereocenters. The van der Waals surface area contributed by atoms with Crippen LogP contribution >= 0.6 is 0 Å². The standard InChI is InChI=1S/C20H22FN5O/c21-14-9-16(10-22)26(11-14)20(27)13-25-8-6-15(12-25)24-19-5-1-4-18-17(19)3-2-7-23-18/h1-5,7,14-16,24H,6,8-9,11-13H2/t14-,15+,16-/m0/s1. The highest BCUT2D eigenvalue weighted by Crippen LogP contribution is 2.25. The van der Waals surface area contributed by atoms with Crippen LogP contribution in [0, 0.1) is 11.3 Å². The summed E-state index contributed by atoms with van der Waals surface area (Å²) in [5.41, 5.74) is 1.99. The summed E-state index contributed by atoms with van der Waals surface area (Å²) in [6, 6.07) is 11.6. The summed E-state index contributed by atoms with van der Waals surface area (Å²) in [6.07, 6.45) is 1.74. The molecule has 0 saturated carbocycles. The highest BCUT2D eigenvalue weighted by molar-refractivity contribution is 5.91. The van der Waals surface area contributed by atoms with Crippen LogP contribution in [-0.4, -0.2) is 65.1 Å². The molecule has 27 heavy (non-hydrogen) atoms. The van der Waals surface area contributed by atoms with Crippen LogP contribution in [0.3, 0.4) is 0 Å². The molecule has 0 radical (unpaired) electrons. The number of nitrogens with zero attached hydrogens (tertiary/aromatic N) is 4. The molecule has 4 rings (SSSR count). The third-order valence-electron chi connectivity index (χ3n) is 5.36. The Kier molecular flexibility index (Phi) is 4.90. The number of likely N-dealkylation sites (tertiary alicyclic amines) is 2. The first-order valence-corrected chi connectivity index (χ1v) is 9.30. The Morgan fingerprint density at radius 2 is 2.22 bits per heavy atom. The van der Waals surface area contributed by atoms with Crippen molar-refractivity contribution < 1.29 is 9.18 Å². The number of alkyl halides is 1. The number of carbonyl (C=O) groups excluding carboxylic acids is 1. The van der Waals surface area contributed by atoms with Gasteiger partial charge in [0.2, 0.25) is 5.91 Å². The molecule has 1 aromatic carbocycles. The van der Waals surface area contributed by atoms with Crippen LogP contribution in [0.1, 0.15) is 12.8 Å². The second kappa shape index (κ2) is 7.49. The number of anilines is 1. The molecule has 2 saturated heterocycles. The van der Waals surface area contributed by atoms with Gasteiger partial charge in [0.1, 0.15) is 12.2 Å². The number of hydrogen-bond acceptors (Lipinski definition) is 5. The van der Waals surface area contributed by atoms with Crippen LogP contribution in [0.5, 0.6) is 0 Å². The van der Waals surface area contributed by atoms with Gasteiger partial charge in [0.15, 0.2) is 0 Å². The highest BCUT2D eigenvalue weighted by atomic mass is 19.1. The zero-order valence-electron chi connectivity index (χ0n) is 15.0. The van der Waals surface area contributed by atoms with Gasteiger partial charge in [0, 0.05) is 42.8 Å². The largest absolute Gasteiger partial charge is 0.380 e. The second-order valence-electron chi connectivity index (χ2n) is 7.26. The third kappa shape index (κ3) is 3.71. The van der Waals surface area contributed by atoms with Crippen LogP contribution in [0.25, 0.3) is 10.9 Å². The fourth-order valence-electron chi connectivity index (χ4n) is 4.01. The molecule has 1 N–H and O–H groups in total. The lowest BCUT2D eigenvalue weighted by molar-refractivity contribution is -0.132. The number of hydrogen-bond donors (Lipinski definition) is 1. The molecule has 2 aliphatic rings. The van der Waals surface area contributed by atoms with Gasteiger partial charge in [0.25, 0.3) is 0 Å². The molecule has 0 spiro atoms. The SMILES string of the molecule is N#C[C@@H]1C[C@H](F)CN1C(=O)CN1CC[C@@H](Nc2cccc3ncccc23)C1. The fraction of sp³-hybridized carbons (Fsp3) is 0.450. The predicted octanol–water partition coefficient (Wildman–Crippen LogP) is 2.18. The summed E-state index contributed by atoms with van der Waals surface area (Å²) in [5, 5.41) is 13.8. The normalized spacial score (nSPS) is 25.6. The van der Waals surface area contributed by atoms with Gasteiger partial charge in [0.05, 0.1) is 24.7 Å². The second-order valence-corrected chi connectivity index (χ2v) is 7.26. The van der Waals surface area contributed by atoms with Crippen molar-refractivity contribution in [2.24, 2.45) is 0 Å². The molecule has 2 aliphatic heterocycles. The fourth-order valence-corrected chi connectivity index (χ4v) is 4.01. The van der Waals surface area contributed by atoms with E-state index in [0.717, 1.165) is 36.1 Å². The number of nitriles is 1. The number of nitrogens with one attached hydrogen (secondary N) is 1. The van der Waals surface area contributed by atoms with Gasteiger partial charge in [-0.15, -0.1) is 0 Å². The van der Waals surface area contributed by atoms with Crippen molar-refractivity contribution >= 4 is 22.5 Å². The Hall–Kier alpha value is -2.72. The maximum absolute atomic E-state index is 13.5. The van der Waals surface area contributed by atoms with E-state index in [9.17, 15) is 9.18 Å². The van der Waals surface area contributed by atoms with Crippen LogP contribution in [0.15, 0.2) is 36.5 Å². The number of halogens is 1. The average molecular weight is 367 g/mol. The first-order chi connectivity index (χ1) is 13.1. The molecule has 2 fully saturated rings. The third-order valence-corrected chi connectivity index (χ3v) is 5.36. The minimum Gasteiger partial charge on any atom is -0.380 e. The smallest absolute Gasteiger partial charge is 0.237 e. The van der Waals surface area contributed by atoms with Gasteiger partial charge in [-0.05, 0) is 30.7 Å². The number of amides is 1. The molecule has 0 unspecified atom stereocenters. The van der Waals surface area contributed by atoms with E-state index >= 15 is 0 Å². The quantitative estimate of drug-likeness (QED) is 0.897. The van der Waals surface area contributed by atoms with E-state index in [0.29, 0.717) is 0 Å². The first-order valence-electron chi connectivity index (χ1n) is 9.30. The van der Waals surface area contributed by atoms with E-state index in [-0.39, 0.29) is 31.5 Å². The Morgan fingerprint density at radius 3 is 3.07 bits per heavy atom. The zero-order valence-corrected chi connectivity index (χ0v) is 15.0. The summed E-state index contributed by atoms with van der Waals surface area (Å²) in [4.78, 5) is 20.3. The van der Waals surface area contributed by atoms with Crippen molar-refractivity contribution in [3.8, 4) is 6.07 Å². The number of rotatable bonds is 4. The van der Waals surface area contributed by atoms with Gasteiger partial charge < -0.3 is 10.2 Å². The molecule has 1 aromatic heterocycles. The zero-order chi connectivity index (χ0) is 18.8. The Labute approximate surface area is 157 Å². The maximum atomic E-state index is 13.5. The molecule has 1 amide bonds. The Balaban J connectivity index is 1.36. The lowest BCUT2D eigenvalue weighted by Crippen LogP contribution is -2.42. The van der Waals surface area contributed by atoms with Crippen LogP contribution < -0.4 is 5.32 Å². The van der Waals surface area contributed by atoms with Crippen molar-refractivity contribution in [1.82, 2.24) is 14.8 Å². The van der Waals surface area contributed by atoms with Gasteiger partial charge in [-0.25, -0.2) is 4.39 Å². The van der Waals surface area contributed by atoms with E-state index in [1.807, 2.05) is 36.4 Å². The van der Waals surface area contributed by atoms with Crippen molar-refractivity contribution in [2.75, 3.05) is 31.5 Å². The van der Waals surface area contributed by atoms with E-state index in [4.69, 9.17) is 5.26 Å². The van der Waals surface area contributed by atoms with Crippen LogP contribution in [-0.2, 0) is 4.79 Å². The molecule has 0 aliphatic carbocycles. The lowest BCUT2D eigenvalue weighted by Gasteiger charge is -2.23. The lowest BCUT2D eigenvalue weighted by atomic mass is 10.1. The van der Waals surface area contributed by atoms with Gasteiger partial charge in [-0.2, -0.15) is 5.26 Å². The van der Waals surface area contributed by atoms with E-state index in [1.54, 1.807) is 6.20 Å². The van der Waals surface area contributed by atoms with Crippen molar-refractivity contribution in [3.05, 3.63) is 36.5 Å². The maximum Gasteiger partial charge on any atom is 0.237 e. The Bertz CT molecular complexity index is 877. The summed E-state index contributed by atoms with van der Waals surface area (Å²) in [6.45, 7) is 1.82. The van der Waals surface area contributed by atoms with Crippen LogP contribution in [0.2, 0.25) is 0 Å². The van der Waals surface area contributed by atoms with E-state index in [2.05, 4.69) is 15.2 Å². The number of carbonyl (C=O) groups is 1. The van der Waals surface area contributed by atoms with E-state index < -0.39 is 12.2 Å². The van der Waals surface area contributed by atoms with Gasteiger partial charge in [-0.3, -0.25) is 14.7 Å². The summed E-state index contributed by atoms with van der Waals surface area (Å²) in [5.74, 6) is -0.156. The van der Waals surface area contributed by atoms with Gasteiger partial charge in [-0.1, -0.05) is 6.07 Å². The average Bonchev–Trinajstić information content (AvgIpc) is 3.28. The van der Waals surface area contributed by atoms with Crippen LogP contribution in [0.4, 0.5) is 10.1 Å². The minimum atomic E-state index is -1.09. The molecule has 140 valence electrons. The summed E-state index contributed by atoms with van der Waals surface area (Å²) in [7, 11) is 0. The number of fused-ring (bicyclic) bond motifs is 1. The minimum absolute atomic E-state index is 0.0373. The van der Waals surface area contributed by atoms with Crippen molar-refractivity contribution in [2.45, 2.75) is 31.1 Å². The molecule has 0 bridgehead atoms. The summed E-state index contributed by atoms with van der Waals surface area (Å²) >= 11 is 0. The molecule has 6 nitrogen and oxygen atoms in total. The molecule has 2 aromatic rings. The molecule has 7 heteroatoms. The first kappa shape index (κ1) is 17.7. The number of benzene rings is 1. The predicted molar refractivity (Wildman–Crippen MR) is 101 cm³/mol. The van der Waals surface area contributed by atoms with Crippen molar-refractivity contribution in [3.63, 3.8) is 0 Å². The molecule has 3 heterocycles. The topological polar surface area (TPSA) is 72.3 Å². The van der Waals surface area contributed by atoms with E-state index in [1.165, 1.54) is 4.90 Å². The molecular weight excluding hydrogens is 345 g/mol. The van der Waals surface area contributed by atoms with Crippen molar-refractivity contribution in [1.29, 1.82) is 5.26 Å². The number of aromatic nitrogens is 1. The number of pyridine rings is 1. The highest BCUT2D eigenvalue weighted by Gasteiger charge is 2.36. The molecular formula is C20H22FN5O. The monoisotopic (exact) mass is 367 g/mol. The van der Waals surface area contributed by atoms with Gasteiger partial charge >= 0.3 is 0 Å².